The molecule has 2 aliphatic rings. The van der Waals surface area contributed by atoms with Crippen molar-refractivity contribution in [3.05, 3.63) is 11.9 Å². The van der Waals surface area contributed by atoms with Crippen molar-refractivity contribution in [2.75, 3.05) is 19.8 Å². The average Bonchev–Trinajstić information content (AvgIpc) is 3.33. The summed E-state index contributed by atoms with van der Waals surface area (Å²) in [5.74, 6) is -0.185. The van der Waals surface area contributed by atoms with E-state index >= 15 is 0 Å². The third-order valence-corrected chi connectivity index (χ3v) is 6.34. The highest BCUT2D eigenvalue weighted by Crippen LogP contribution is 2.36. The highest BCUT2D eigenvalue weighted by Gasteiger charge is 2.43. The summed E-state index contributed by atoms with van der Waals surface area (Å²) in [5, 5.41) is 83.3. The van der Waals surface area contributed by atoms with Crippen LogP contribution in [-0.2, 0) is 52.7 Å². The fourth-order valence-electron chi connectivity index (χ4n) is 4.26. The molecule has 1 aromatic rings. The average molecular weight is 527 g/mol. The van der Waals surface area contributed by atoms with E-state index in [2.05, 4.69) is 35.5 Å². The molecule has 6 N–H and O–H groups in total. The standard InChI is InChI=1S/C19H33N3O14/c23-8-16-18(26)19(27)17(25)15(31-16)3-1-2-4-29-10-12-6-22(21-20-12)7-13-11(5-14(13)24)9-30-33-35-36-34-32-28/h6,11,13-19,23-28H,1-5,7-10H2. The van der Waals surface area contributed by atoms with Gasteiger partial charge in [-0.05, 0) is 56.8 Å². The molecule has 3 rings (SSSR count). The van der Waals surface area contributed by atoms with Crippen molar-refractivity contribution in [3.63, 3.8) is 0 Å². The number of unbranched alkanes of at least 4 members (excludes halogenated alkanes) is 1. The first-order chi connectivity index (χ1) is 17.4. The van der Waals surface area contributed by atoms with Gasteiger partial charge in [0.25, 0.3) is 0 Å². The van der Waals surface area contributed by atoms with Crippen LogP contribution in [0.5, 0.6) is 0 Å². The third-order valence-electron chi connectivity index (χ3n) is 6.34. The van der Waals surface area contributed by atoms with E-state index < -0.39 is 43.2 Å². The molecule has 0 bridgehead atoms. The van der Waals surface area contributed by atoms with Gasteiger partial charge in [-0.15, -0.1) is 5.10 Å². The van der Waals surface area contributed by atoms with Crippen molar-refractivity contribution < 1.29 is 70.3 Å². The second-order valence-corrected chi connectivity index (χ2v) is 8.71. The second kappa shape index (κ2) is 15.1. The van der Waals surface area contributed by atoms with Crippen LogP contribution < -0.4 is 0 Å². The van der Waals surface area contributed by atoms with Crippen molar-refractivity contribution >= 4 is 0 Å². The van der Waals surface area contributed by atoms with Crippen molar-refractivity contribution in [2.45, 2.75) is 75.5 Å². The molecule has 0 radical (unpaired) electrons. The van der Waals surface area contributed by atoms with Crippen molar-refractivity contribution in [2.24, 2.45) is 11.8 Å². The van der Waals surface area contributed by atoms with Gasteiger partial charge in [-0.3, -0.25) is 4.68 Å². The number of rotatable bonds is 17. The Kier molecular flexibility index (Phi) is 12.2. The number of aromatic nitrogens is 3. The zero-order valence-electron chi connectivity index (χ0n) is 19.4. The van der Waals surface area contributed by atoms with Crippen LogP contribution in [0.25, 0.3) is 0 Å². The molecule has 2 heterocycles. The fourth-order valence-corrected chi connectivity index (χ4v) is 4.26. The first-order valence-electron chi connectivity index (χ1n) is 11.5. The molecule has 8 unspecified atom stereocenters. The lowest BCUT2D eigenvalue weighted by molar-refractivity contribution is -0.787. The van der Waals surface area contributed by atoms with Gasteiger partial charge in [0.1, 0.15) is 30.1 Å². The van der Waals surface area contributed by atoms with E-state index in [1.807, 2.05) is 0 Å². The van der Waals surface area contributed by atoms with Crippen LogP contribution in [0, 0.1) is 11.8 Å². The van der Waals surface area contributed by atoms with E-state index in [1.54, 1.807) is 10.9 Å². The maximum atomic E-state index is 10.1. The summed E-state index contributed by atoms with van der Waals surface area (Å²) < 4.78 is 12.7. The smallest absolute Gasteiger partial charge is 0.111 e. The summed E-state index contributed by atoms with van der Waals surface area (Å²) in [7, 11) is 0. The van der Waals surface area contributed by atoms with Crippen LogP contribution in [0.4, 0.5) is 0 Å². The van der Waals surface area contributed by atoms with Crippen LogP contribution in [0.1, 0.15) is 31.4 Å². The molecule has 17 nitrogen and oxygen atoms in total. The zero-order valence-corrected chi connectivity index (χ0v) is 19.4. The SMILES string of the molecule is OCC1OC(CCCCOCc2cn(CC3C(O)CC3COOOOOOO)nn2)C(O)C(O)C1O. The summed E-state index contributed by atoms with van der Waals surface area (Å²) in [6.45, 7) is 0.714. The molecule has 1 saturated heterocycles. The molecule has 17 heteroatoms. The van der Waals surface area contributed by atoms with Gasteiger partial charge in [0.05, 0.1) is 38.2 Å². The molecule has 1 aliphatic carbocycles. The first-order valence-corrected chi connectivity index (χ1v) is 11.5. The number of hydrogen-bond acceptors (Lipinski definition) is 16. The van der Waals surface area contributed by atoms with E-state index in [9.17, 15) is 25.5 Å². The molecule has 36 heavy (non-hydrogen) atoms. The lowest BCUT2D eigenvalue weighted by atomic mass is 9.71. The molecule has 0 amide bonds. The van der Waals surface area contributed by atoms with Gasteiger partial charge in [0.15, 0.2) is 0 Å². The lowest BCUT2D eigenvalue weighted by Gasteiger charge is -2.40. The Bertz CT molecular complexity index is 742. The van der Waals surface area contributed by atoms with Crippen molar-refractivity contribution in [1.82, 2.24) is 15.0 Å². The van der Waals surface area contributed by atoms with Gasteiger partial charge >= 0.3 is 0 Å². The van der Waals surface area contributed by atoms with Gasteiger partial charge in [-0.25, -0.2) is 10.1 Å². The number of ether oxygens (including phenoxy) is 2. The predicted octanol–water partition coefficient (Wildman–Crippen LogP) is -2.05. The van der Waals surface area contributed by atoms with E-state index in [-0.39, 0.29) is 25.0 Å². The number of hydrogen-bond donors (Lipinski definition) is 6. The Morgan fingerprint density at radius 1 is 1.00 bits per heavy atom. The molecule has 8 atom stereocenters. The second-order valence-electron chi connectivity index (χ2n) is 8.71. The van der Waals surface area contributed by atoms with Crippen molar-refractivity contribution in [3.8, 4) is 0 Å². The maximum absolute atomic E-state index is 10.1. The largest absolute Gasteiger partial charge is 0.394 e. The molecule has 2 fully saturated rings. The molecule has 1 aromatic heterocycles. The summed E-state index contributed by atoms with van der Waals surface area (Å²) >= 11 is 0. The summed E-state index contributed by atoms with van der Waals surface area (Å²) in [4.78, 5) is 4.76. The normalized spacial score (nSPS) is 32.5. The Morgan fingerprint density at radius 2 is 1.78 bits per heavy atom. The molecule has 0 spiro atoms. The highest BCUT2D eigenvalue weighted by molar-refractivity contribution is 4.94. The van der Waals surface area contributed by atoms with Crippen LogP contribution in [0.15, 0.2) is 6.20 Å². The monoisotopic (exact) mass is 527 g/mol. The van der Waals surface area contributed by atoms with Gasteiger partial charge in [0.2, 0.25) is 0 Å². The van der Waals surface area contributed by atoms with E-state index in [1.165, 1.54) is 0 Å². The third kappa shape index (κ3) is 8.30. The molecule has 0 aromatic carbocycles. The Hall–Kier alpha value is -1.42. The molecular weight excluding hydrogens is 494 g/mol. The maximum Gasteiger partial charge on any atom is 0.111 e. The van der Waals surface area contributed by atoms with Gasteiger partial charge < -0.3 is 35.0 Å². The summed E-state index contributed by atoms with van der Waals surface area (Å²) in [6, 6.07) is 0. The minimum atomic E-state index is -1.37. The van der Waals surface area contributed by atoms with E-state index in [0.29, 0.717) is 44.5 Å². The van der Waals surface area contributed by atoms with E-state index in [0.717, 1.165) is 0 Å². The predicted molar refractivity (Wildman–Crippen MR) is 109 cm³/mol. The quantitative estimate of drug-likeness (QED) is 0.0728. The molecular formula is C19H33N3O14. The number of nitrogens with zero attached hydrogens (tertiary/aromatic N) is 3. The number of aliphatic hydroxyl groups is 5. The van der Waals surface area contributed by atoms with Gasteiger partial charge in [0, 0.05) is 19.1 Å². The lowest BCUT2D eigenvalue weighted by Crippen LogP contribution is -2.58. The number of aliphatic hydroxyl groups excluding tert-OH is 5. The first kappa shape index (κ1) is 29.1. The van der Waals surface area contributed by atoms with Crippen LogP contribution in [0.2, 0.25) is 0 Å². The Morgan fingerprint density at radius 3 is 2.53 bits per heavy atom. The Balaban J connectivity index is 1.28. The Labute approximate surface area is 205 Å². The zero-order chi connectivity index (χ0) is 25.9. The molecule has 1 aliphatic heterocycles. The molecule has 208 valence electrons. The van der Waals surface area contributed by atoms with Gasteiger partial charge in [-0.1, -0.05) is 5.21 Å². The van der Waals surface area contributed by atoms with Gasteiger partial charge in [-0.2, -0.15) is 0 Å². The summed E-state index contributed by atoms with van der Waals surface area (Å²) in [6.07, 6.45) is -2.11. The van der Waals surface area contributed by atoms with Crippen LogP contribution in [-0.4, -0.2) is 102 Å². The fraction of sp³-hybridized carbons (Fsp3) is 0.895. The minimum Gasteiger partial charge on any atom is -0.394 e. The summed E-state index contributed by atoms with van der Waals surface area (Å²) in [5.41, 5.74) is 0.616. The topological polar surface area (TPSA) is 226 Å². The minimum absolute atomic E-state index is 0.0359. The van der Waals surface area contributed by atoms with E-state index in [4.69, 9.17) is 19.6 Å². The van der Waals surface area contributed by atoms with Crippen LogP contribution >= 0.6 is 0 Å². The van der Waals surface area contributed by atoms with Crippen LogP contribution in [0.3, 0.4) is 0 Å². The van der Waals surface area contributed by atoms with Crippen molar-refractivity contribution in [1.29, 1.82) is 0 Å². The highest BCUT2D eigenvalue weighted by atomic mass is 17.9. The molecule has 1 saturated carbocycles.